The van der Waals surface area contributed by atoms with Crippen LogP contribution in [0, 0.1) is 13.8 Å². The average Bonchev–Trinajstić information content (AvgIpc) is 2.93. The fraction of sp³-hybridized carbons (Fsp3) is 0.471. The van der Waals surface area contributed by atoms with E-state index in [1.54, 1.807) is 16.4 Å². The molecule has 2 heterocycles. The quantitative estimate of drug-likeness (QED) is 0.847. The van der Waals surface area contributed by atoms with Crippen LogP contribution in [0.15, 0.2) is 27.6 Å². The van der Waals surface area contributed by atoms with Gasteiger partial charge in [0.05, 0.1) is 12.8 Å². The highest BCUT2D eigenvalue weighted by Gasteiger charge is 2.29. The SMILES string of the molecule is COc1ccc(-c2c(C)noc2C)cc1S(=O)(=O)N1CCCCC1. The van der Waals surface area contributed by atoms with E-state index in [9.17, 15) is 8.42 Å². The number of ether oxygens (including phenoxy) is 1. The van der Waals surface area contributed by atoms with Crippen molar-refractivity contribution in [3.8, 4) is 16.9 Å². The number of benzene rings is 1. The lowest BCUT2D eigenvalue weighted by molar-refractivity contribution is 0.343. The number of hydrogen-bond acceptors (Lipinski definition) is 5. The molecule has 1 saturated heterocycles. The van der Waals surface area contributed by atoms with Gasteiger partial charge in [-0.2, -0.15) is 4.31 Å². The van der Waals surface area contributed by atoms with Gasteiger partial charge in [0.25, 0.3) is 0 Å². The van der Waals surface area contributed by atoms with E-state index in [1.807, 2.05) is 19.9 Å². The molecule has 0 bridgehead atoms. The maximum absolute atomic E-state index is 13.1. The molecule has 0 atom stereocenters. The Bertz CT molecular complexity index is 817. The number of sulfonamides is 1. The molecule has 24 heavy (non-hydrogen) atoms. The molecule has 3 rings (SSSR count). The molecular formula is C17H22N2O4S. The Morgan fingerprint density at radius 2 is 1.88 bits per heavy atom. The molecule has 1 fully saturated rings. The van der Waals surface area contributed by atoms with Crippen LogP contribution in [-0.2, 0) is 10.0 Å². The summed E-state index contributed by atoms with van der Waals surface area (Å²) >= 11 is 0. The van der Waals surface area contributed by atoms with Crippen molar-refractivity contribution >= 4 is 10.0 Å². The third-order valence-electron chi connectivity index (χ3n) is 4.42. The van der Waals surface area contributed by atoms with Gasteiger partial charge in [0.15, 0.2) is 0 Å². The van der Waals surface area contributed by atoms with Crippen molar-refractivity contribution in [1.29, 1.82) is 0 Å². The predicted octanol–water partition coefficient (Wildman–Crippen LogP) is 3.14. The molecule has 2 aromatic rings. The fourth-order valence-electron chi connectivity index (χ4n) is 3.17. The number of piperidine rings is 1. The summed E-state index contributed by atoms with van der Waals surface area (Å²) in [6.07, 6.45) is 2.86. The minimum absolute atomic E-state index is 0.199. The number of nitrogens with zero attached hydrogens (tertiary/aromatic N) is 2. The largest absolute Gasteiger partial charge is 0.495 e. The van der Waals surface area contributed by atoms with Gasteiger partial charge in [-0.3, -0.25) is 0 Å². The number of aromatic nitrogens is 1. The zero-order valence-electron chi connectivity index (χ0n) is 14.2. The van der Waals surface area contributed by atoms with Crippen molar-refractivity contribution in [3.05, 3.63) is 29.7 Å². The van der Waals surface area contributed by atoms with Crippen LogP contribution in [-0.4, -0.2) is 38.1 Å². The van der Waals surface area contributed by atoms with Crippen LogP contribution in [0.2, 0.25) is 0 Å². The first kappa shape index (κ1) is 17.0. The highest BCUT2D eigenvalue weighted by molar-refractivity contribution is 7.89. The van der Waals surface area contributed by atoms with Gasteiger partial charge in [-0.25, -0.2) is 8.42 Å². The van der Waals surface area contributed by atoms with Crippen LogP contribution in [0.25, 0.3) is 11.1 Å². The Morgan fingerprint density at radius 3 is 2.46 bits per heavy atom. The minimum atomic E-state index is -3.59. The Labute approximate surface area is 142 Å². The van der Waals surface area contributed by atoms with E-state index in [2.05, 4.69) is 5.16 Å². The lowest BCUT2D eigenvalue weighted by Gasteiger charge is -2.26. The van der Waals surface area contributed by atoms with Gasteiger partial charge < -0.3 is 9.26 Å². The molecule has 1 aliphatic heterocycles. The lowest BCUT2D eigenvalue weighted by Crippen LogP contribution is -2.35. The highest BCUT2D eigenvalue weighted by Crippen LogP contribution is 2.35. The molecule has 1 aliphatic rings. The fourth-order valence-corrected chi connectivity index (χ4v) is 4.87. The van der Waals surface area contributed by atoms with Gasteiger partial charge in [0.2, 0.25) is 10.0 Å². The van der Waals surface area contributed by atoms with Crippen LogP contribution < -0.4 is 4.74 Å². The number of aryl methyl sites for hydroxylation is 2. The molecule has 0 amide bonds. The molecule has 0 N–H and O–H groups in total. The van der Waals surface area contributed by atoms with Crippen LogP contribution in [0.5, 0.6) is 5.75 Å². The summed E-state index contributed by atoms with van der Waals surface area (Å²) in [6.45, 7) is 4.77. The molecule has 0 radical (unpaired) electrons. The van der Waals surface area contributed by atoms with Gasteiger partial charge in [0, 0.05) is 18.7 Å². The van der Waals surface area contributed by atoms with Gasteiger partial charge in [0.1, 0.15) is 16.4 Å². The van der Waals surface area contributed by atoms with Crippen molar-refractivity contribution in [2.24, 2.45) is 0 Å². The van der Waals surface area contributed by atoms with E-state index in [0.717, 1.165) is 36.1 Å². The average molecular weight is 350 g/mol. The van der Waals surface area contributed by atoms with Crippen molar-refractivity contribution in [1.82, 2.24) is 9.46 Å². The minimum Gasteiger partial charge on any atom is -0.495 e. The standard InChI is InChI=1S/C17H22N2O4S/c1-12-17(13(2)23-18-12)14-7-8-15(22-3)16(11-14)24(20,21)19-9-5-4-6-10-19/h7-8,11H,4-6,9-10H2,1-3H3. The van der Waals surface area contributed by atoms with E-state index in [-0.39, 0.29) is 4.90 Å². The third kappa shape index (κ3) is 2.93. The molecule has 0 saturated carbocycles. The second-order valence-corrected chi connectivity index (χ2v) is 7.94. The highest BCUT2D eigenvalue weighted by atomic mass is 32.2. The first-order valence-electron chi connectivity index (χ1n) is 8.06. The summed E-state index contributed by atoms with van der Waals surface area (Å²) in [5.74, 6) is 1.02. The van der Waals surface area contributed by atoms with Gasteiger partial charge >= 0.3 is 0 Å². The van der Waals surface area contributed by atoms with Crippen LogP contribution in [0.4, 0.5) is 0 Å². The molecule has 6 nitrogen and oxygen atoms in total. The topological polar surface area (TPSA) is 72.6 Å². The summed E-state index contributed by atoms with van der Waals surface area (Å²) in [5, 5.41) is 3.95. The Hall–Kier alpha value is -1.86. The van der Waals surface area contributed by atoms with Crippen molar-refractivity contribution in [3.63, 3.8) is 0 Å². The number of hydrogen-bond donors (Lipinski definition) is 0. The third-order valence-corrected chi connectivity index (χ3v) is 6.34. The molecule has 7 heteroatoms. The van der Waals surface area contributed by atoms with Gasteiger partial charge in [-0.05, 0) is 44.4 Å². The van der Waals surface area contributed by atoms with Crippen LogP contribution >= 0.6 is 0 Å². The maximum Gasteiger partial charge on any atom is 0.246 e. The number of methoxy groups -OCH3 is 1. The van der Waals surface area contributed by atoms with Crippen molar-refractivity contribution < 1.29 is 17.7 Å². The number of rotatable bonds is 4. The second kappa shape index (κ2) is 6.57. The summed E-state index contributed by atoms with van der Waals surface area (Å²) in [7, 11) is -2.10. The summed E-state index contributed by atoms with van der Waals surface area (Å²) in [6, 6.07) is 5.19. The molecular weight excluding hydrogens is 328 g/mol. The van der Waals surface area contributed by atoms with Gasteiger partial charge in [-0.1, -0.05) is 17.6 Å². The summed E-state index contributed by atoms with van der Waals surface area (Å²) in [5.41, 5.74) is 2.33. The van der Waals surface area contributed by atoms with Crippen LogP contribution in [0.3, 0.4) is 0 Å². The zero-order chi connectivity index (χ0) is 17.3. The van der Waals surface area contributed by atoms with E-state index >= 15 is 0 Å². The summed E-state index contributed by atoms with van der Waals surface area (Å²) < 4.78 is 38.2. The molecule has 1 aromatic carbocycles. The van der Waals surface area contributed by atoms with E-state index in [4.69, 9.17) is 9.26 Å². The van der Waals surface area contributed by atoms with Crippen LogP contribution in [0.1, 0.15) is 30.7 Å². The molecule has 130 valence electrons. The zero-order valence-corrected chi connectivity index (χ0v) is 15.0. The lowest BCUT2D eigenvalue weighted by atomic mass is 10.0. The normalized spacial score (nSPS) is 16.3. The first-order valence-corrected chi connectivity index (χ1v) is 9.50. The summed E-state index contributed by atoms with van der Waals surface area (Å²) in [4.78, 5) is 0.199. The Balaban J connectivity index is 2.11. The molecule has 1 aromatic heterocycles. The Morgan fingerprint density at radius 1 is 1.17 bits per heavy atom. The van der Waals surface area contributed by atoms with E-state index in [1.165, 1.54) is 7.11 Å². The van der Waals surface area contributed by atoms with Crippen molar-refractivity contribution in [2.75, 3.05) is 20.2 Å². The first-order chi connectivity index (χ1) is 11.4. The monoisotopic (exact) mass is 350 g/mol. The van der Waals surface area contributed by atoms with E-state index < -0.39 is 10.0 Å². The van der Waals surface area contributed by atoms with Crippen molar-refractivity contribution in [2.45, 2.75) is 38.0 Å². The molecule has 0 spiro atoms. The predicted molar refractivity (Wildman–Crippen MR) is 90.6 cm³/mol. The van der Waals surface area contributed by atoms with E-state index in [0.29, 0.717) is 24.6 Å². The molecule has 0 unspecified atom stereocenters. The Kier molecular flexibility index (Phi) is 4.64. The molecule has 0 aliphatic carbocycles. The maximum atomic E-state index is 13.1. The smallest absolute Gasteiger partial charge is 0.246 e. The second-order valence-electron chi connectivity index (χ2n) is 6.03. The van der Waals surface area contributed by atoms with Gasteiger partial charge in [-0.15, -0.1) is 0 Å².